The molecule has 106 valence electrons. The zero-order chi connectivity index (χ0) is 14.8. The van der Waals surface area contributed by atoms with Crippen LogP contribution in [0.3, 0.4) is 0 Å². The Labute approximate surface area is 110 Å². The summed E-state index contributed by atoms with van der Waals surface area (Å²) in [6.45, 7) is 5.50. The van der Waals surface area contributed by atoms with Crippen LogP contribution in [0.25, 0.3) is 0 Å². The van der Waals surface area contributed by atoms with Gasteiger partial charge >= 0.3 is 6.18 Å². The number of nitrogens with two attached hydrogens (primary N) is 1. The number of hydrogen-bond acceptors (Lipinski definition) is 2. The summed E-state index contributed by atoms with van der Waals surface area (Å²) in [5, 5.41) is 2.29. The fraction of sp³-hybridized carbons (Fsp3) is 0.462. The number of amides is 1. The quantitative estimate of drug-likeness (QED) is 0.808. The number of anilines is 2. The van der Waals surface area contributed by atoms with Gasteiger partial charge in [0.15, 0.2) is 0 Å². The Morgan fingerprint density at radius 3 is 2.32 bits per heavy atom. The minimum atomic E-state index is -4.56. The standard InChI is InChI=1S/C13H17F3N2O/c1-12(2,3)7-11(19)18-10-5-4-8(17)6-9(10)13(14,15)16/h4-6H,7,17H2,1-3H3,(H,18,19). The van der Waals surface area contributed by atoms with Gasteiger partial charge in [0.1, 0.15) is 0 Å². The predicted molar refractivity (Wildman–Crippen MR) is 68.6 cm³/mol. The van der Waals surface area contributed by atoms with Gasteiger partial charge in [0.25, 0.3) is 0 Å². The van der Waals surface area contributed by atoms with Crippen molar-refractivity contribution in [2.24, 2.45) is 5.41 Å². The number of nitrogen functional groups attached to an aromatic ring is 1. The minimum absolute atomic E-state index is 0.00106. The third-order valence-corrected chi connectivity index (χ3v) is 2.31. The second-order valence-electron chi connectivity index (χ2n) is 5.59. The lowest BCUT2D eigenvalue weighted by atomic mass is 9.92. The molecular weight excluding hydrogens is 257 g/mol. The molecule has 0 aliphatic rings. The summed E-state index contributed by atoms with van der Waals surface area (Å²) in [7, 11) is 0. The number of halogens is 3. The third-order valence-electron chi connectivity index (χ3n) is 2.31. The SMILES string of the molecule is CC(C)(C)CC(=O)Nc1ccc(N)cc1C(F)(F)F. The van der Waals surface area contributed by atoms with E-state index in [0.717, 1.165) is 6.07 Å². The Bertz CT molecular complexity index is 476. The van der Waals surface area contributed by atoms with Crippen molar-refractivity contribution in [3.8, 4) is 0 Å². The number of hydrogen-bond donors (Lipinski definition) is 2. The van der Waals surface area contributed by atoms with Crippen LogP contribution in [0.15, 0.2) is 18.2 Å². The van der Waals surface area contributed by atoms with E-state index in [9.17, 15) is 18.0 Å². The fourth-order valence-electron chi connectivity index (χ4n) is 1.58. The van der Waals surface area contributed by atoms with Gasteiger partial charge in [0, 0.05) is 12.1 Å². The fourth-order valence-corrected chi connectivity index (χ4v) is 1.58. The molecular formula is C13H17F3N2O. The molecule has 3 N–H and O–H groups in total. The molecule has 19 heavy (non-hydrogen) atoms. The Hall–Kier alpha value is -1.72. The van der Waals surface area contributed by atoms with Crippen LogP contribution in [0.4, 0.5) is 24.5 Å². The van der Waals surface area contributed by atoms with E-state index in [1.165, 1.54) is 12.1 Å². The number of alkyl halides is 3. The smallest absolute Gasteiger partial charge is 0.399 e. The molecule has 0 fully saturated rings. The Kier molecular flexibility index (Phi) is 4.12. The van der Waals surface area contributed by atoms with Crippen molar-refractivity contribution in [3.63, 3.8) is 0 Å². The van der Waals surface area contributed by atoms with E-state index in [1.807, 2.05) is 20.8 Å². The van der Waals surface area contributed by atoms with Crippen LogP contribution < -0.4 is 11.1 Å². The van der Waals surface area contributed by atoms with E-state index in [1.54, 1.807) is 0 Å². The number of benzene rings is 1. The zero-order valence-corrected chi connectivity index (χ0v) is 11.1. The molecule has 1 aromatic rings. The van der Waals surface area contributed by atoms with Crippen LogP contribution in [0.5, 0.6) is 0 Å². The molecule has 0 unspecified atom stereocenters. The molecule has 0 saturated carbocycles. The zero-order valence-electron chi connectivity index (χ0n) is 11.1. The van der Waals surface area contributed by atoms with Gasteiger partial charge in [-0.1, -0.05) is 20.8 Å². The summed E-state index contributed by atoms with van der Waals surface area (Å²) < 4.78 is 38.4. The average Bonchev–Trinajstić information content (AvgIpc) is 2.16. The molecule has 6 heteroatoms. The molecule has 0 saturated heterocycles. The molecule has 3 nitrogen and oxygen atoms in total. The van der Waals surface area contributed by atoms with Gasteiger partial charge in [-0.15, -0.1) is 0 Å². The summed E-state index contributed by atoms with van der Waals surface area (Å²) in [5.41, 5.74) is 3.85. The topological polar surface area (TPSA) is 55.1 Å². The molecule has 1 rings (SSSR count). The van der Waals surface area contributed by atoms with Crippen molar-refractivity contribution in [2.45, 2.75) is 33.4 Å². The van der Waals surface area contributed by atoms with Gasteiger partial charge in [0.2, 0.25) is 5.91 Å². The maximum atomic E-state index is 12.8. The first-order valence-corrected chi connectivity index (χ1v) is 5.75. The highest BCUT2D eigenvalue weighted by atomic mass is 19.4. The van der Waals surface area contributed by atoms with E-state index in [0.29, 0.717) is 0 Å². The lowest BCUT2D eigenvalue weighted by Gasteiger charge is -2.19. The highest BCUT2D eigenvalue weighted by Gasteiger charge is 2.34. The predicted octanol–water partition coefficient (Wildman–Crippen LogP) is 3.66. The largest absolute Gasteiger partial charge is 0.418 e. The Balaban J connectivity index is 2.99. The average molecular weight is 274 g/mol. The van der Waals surface area contributed by atoms with Crippen LogP contribution >= 0.6 is 0 Å². The van der Waals surface area contributed by atoms with Gasteiger partial charge in [0.05, 0.1) is 11.3 Å². The molecule has 0 aliphatic carbocycles. The van der Waals surface area contributed by atoms with Crippen molar-refractivity contribution < 1.29 is 18.0 Å². The molecule has 0 aromatic heterocycles. The van der Waals surface area contributed by atoms with Crippen molar-refractivity contribution in [3.05, 3.63) is 23.8 Å². The first kappa shape index (κ1) is 15.3. The van der Waals surface area contributed by atoms with Crippen molar-refractivity contribution in [1.29, 1.82) is 0 Å². The van der Waals surface area contributed by atoms with Crippen LogP contribution in [0.2, 0.25) is 0 Å². The normalized spacial score (nSPS) is 12.3. The van der Waals surface area contributed by atoms with E-state index in [4.69, 9.17) is 5.73 Å². The van der Waals surface area contributed by atoms with E-state index < -0.39 is 17.6 Å². The molecule has 0 radical (unpaired) electrons. The third kappa shape index (κ3) is 4.81. The van der Waals surface area contributed by atoms with Gasteiger partial charge in [-0.25, -0.2) is 0 Å². The van der Waals surface area contributed by atoms with Crippen LogP contribution in [0, 0.1) is 5.41 Å². The molecule has 0 bridgehead atoms. The highest BCUT2D eigenvalue weighted by Crippen LogP contribution is 2.36. The number of nitrogens with one attached hydrogen (secondary N) is 1. The first-order valence-electron chi connectivity index (χ1n) is 5.75. The molecule has 0 atom stereocenters. The summed E-state index contributed by atoms with van der Waals surface area (Å²) in [6, 6.07) is 3.30. The second kappa shape index (κ2) is 5.11. The van der Waals surface area contributed by atoms with Crippen LogP contribution in [-0.2, 0) is 11.0 Å². The van der Waals surface area contributed by atoms with Crippen LogP contribution in [0.1, 0.15) is 32.8 Å². The summed E-state index contributed by atoms with van der Waals surface area (Å²) in [6.07, 6.45) is -4.42. The van der Waals surface area contributed by atoms with Gasteiger partial charge < -0.3 is 11.1 Å². The van der Waals surface area contributed by atoms with E-state index in [-0.39, 0.29) is 23.2 Å². The van der Waals surface area contributed by atoms with E-state index >= 15 is 0 Å². The summed E-state index contributed by atoms with van der Waals surface area (Å²) in [5.74, 6) is -0.456. The maximum Gasteiger partial charge on any atom is 0.418 e. The summed E-state index contributed by atoms with van der Waals surface area (Å²) >= 11 is 0. The molecule has 0 spiro atoms. The second-order valence-corrected chi connectivity index (χ2v) is 5.59. The number of carbonyl (C=O) groups excluding carboxylic acids is 1. The summed E-state index contributed by atoms with van der Waals surface area (Å²) in [4.78, 5) is 11.7. The van der Waals surface area contributed by atoms with Crippen LogP contribution in [-0.4, -0.2) is 5.91 Å². The highest BCUT2D eigenvalue weighted by molar-refractivity contribution is 5.92. The molecule has 0 heterocycles. The first-order chi connectivity index (χ1) is 8.49. The Morgan fingerprint density at radius 1 is 1.26 bits per heavy atom. The lowest BCUT2D eigenvalue weighted by Crippen LogP contribution is -2.21. The monoisotopic (exact) mass is 274 g/mol. The Morgan fingerprint density at radius 2 is 1.84 bits per heavy atom. The molecule has 1 amide bonds. The molecule has 0 aliphatic heterocycles. The maximum absolute atomic E-state index is 12.8. The van der Waals surface area contributed by atoms with Crippen molar-refractivity contribution in [2.75, 3.05) is 11.1 Å². The lowest BCUT2D eigenvalue weighted by molar-refractivity contribution is -0.136. The van der Waals surface area contributed by atoms with Crippen molar-refractivity contribution >= 4 is 17.3 Å². The number of carbonyl (C=O) groups is 1. The van der Waals surface area contributed by atoms with E-state index in [2.05, 4.69) is 5.32 Å². The molecule has 1 aromatic carbocycles. The van der Waals surface area contributed by atoms with Gasteiger partial charge in [-0.3, -0.25) is 4.79 Å². The minimum Gasteiger partial charge on any atom is -0.399 e. The number of rotatable bonds is 2. The van der Waals surface area contributed by atoms with Gasteiger partial charge in [-0.05, 0) is 23.6 Å². The van der Waals surface area contributed by atoms with Gasteiger partial charge in [-0.2, -0.15) is 13.2 Å². The van der Waals surface area contributed by atoms with Crippen molar-refractivity contribution in [1.82, 2.24) is 0 Å².